The van der Waals surface area contributed by atoms with E-state index in [1.165, 1.54) is 24.0 Å². The number of benzene rings is 1. The van der Waals surface area contributed by atoms with E-state index in [4.69, 9.17) is 0 Å². The zero-order chi connectivity index (χ0) is 13.1. The predicted octanol–water partition coefficient (Wildman–Crippen LogP) is 2.12. The van der Waals surface area contributed by atoms with Gasteiger partial charge in [0.2, 0.25) is 0 Å². The summed E-state index contributed by atoms with van der Waals surface area (Å²) >= 11 is 0. The Bertz CT molecular complexity index is 515. The van der Waals surface area contributed by atoms with E-state index in [2.05, 4.69) is 46.8 Å². The molecule has 1 aliphatic carbocycles. The van der Waals surface area contributed by atoms with E-state index < -0.39 is 0 Å². The van der Waals surface area contributed by atoms with Crippen molar-refractivity contribution in [1.82, 2.24) is 20.3 Å². The molecule has 0 aliphatic heterocycles. The molecule has 0 saturated heterocycles. The molecule has 1 aliphatic rings. The number of aryl methyl sites for hydroxylation is 1. The fraction of sp³-hybridized carbons (Fsp3) is 0.467. The van der Waals surface area contributed by atoms with Crippen molar-refractivity contribution in [2.45, 2.75) is 38.3 Å². The third kappa shape index (κ3) is 3.01. The smallest absolute Gasteiger partial charge is 0.0692 e. The van der Waals surface area contributed by atoms with Crippen molar-refractivity contribution >= 4 is 0 Å². The highest BCUT2D eigenvalue weighted by atomic mass is 15.4. The van der Waals surface area contributed by atoms with Crippen molar-refractivity contribution in [3.8, 4) is 0 Å². The highest BCUT2D eigenvalue weighted by Crippen LogP contribution is 2.36. The van der Waals surface area contributed by atoms with Gasteiger partial charge in [-0.1, -0.05) is 35.0 Å². The number of nitrogens with zero attached hydrogens (tertiary/aromatic N) is 3. The van der Waals surface area contributed by atoms with Crippen LogP contribution in [0.3, 0.4) is 0 Å². The van der Waals surface area contributed by atoms with Gasteiger partial charge in [0.15, 0.2) is 0 Å². The van der Waals surface area contributed by atoms with Crippen LogP contribution in [-0.2, 0) is 6.54 Å². The van der Waals surface area contributed by atoms with E-state index in [9.17, 15) is 0 Å². The summed E-state index contributed by atoms with van der Waals surface area (Å²) in [5.41, 5.74) is 2.86. The van der Waals surface area contributed by atoms with Crippen LogP contribution in [0.4, 0.5) is 0 Å². The number of hydrogen-bond donors (Lipinski definition) is 1. The van der Waals surface area contributed by atoms with Crippen LogP contribution in [0.25, 0.3) is 0 Å². The molecule has 1 aromatic heterocycles. The van der Waals surface area contributed by atoms with E-state index in [0.29, 0.717) is 6.04 Å². The van der Waals surface area contributed by atoms with Crippen LogP contribution < -0.4 is 5.32 Å². The maximum Gasteiger partial charge on any atom is 0.0692 e. The highest BCUT2D eigenvalue weighted by Gasteiger charge is 2.29. The fourth-order valence-corrected chi connectivity index (χ4v) is 2.72. The van der Waals surface area contributed by atoms with Crippen molar-refractivity contribution in [3.63, 3.8) is 0 Å². The van der Waals surface area contributed by atoms with Crippen molar-refractivity contribution in [2.75, 3.05) is 6.54 Å². The van der Waals surface area contributed by atoms with Crippen LogP contribution in [0, 0.1) is 6.92 Å². The van der Waals surface area contributed by atoms with Crippen LogP contribution in [-0.4, -0.2) is 27.6 Å². The van der Waals surface area contributed by atoms with Gasteiger partial charge in [0.05, 0.1) is 12.7 Å². The maximum absolute atomic E-state index is 3.96. The van der Waals surface area contributed by atoms with Gasteiger partial charge in [-0.15, -0.1) is 5.10 Å². The van der Waals surface area contributed by atoms with Crippen LogP contribution in [0.1, 0.15) is 29.9 Å². The average Bonchev–Trinajstić information content (AvgIpc) is 2.85. The van der Waals surface area contributed by atoms with E-state index in [1.807, 2.05) is 10.9 Å². The maximum atomic E-state index is 3.96. The summed E-state index contributed by atoms with van der Waals surface area (Å²) in [6.07, 6.45) is 6.12. The molecule has 1 heterocycles. The quantitative estimate of drug-likeness (QED) is 0.891. The van der Waals surface area contributed by atoms with Gasteiger partial charge in [0.1, 0.15) is 0 Å². The third-order valence-corrected chi connectivity index (χ3v) is 3.90. The van der Waals surface area contributed by atoms with Gasteiger partial charge in [-0.25, -0.2) is 0 Å². The molecule has 1 N–H and O–H groups in total. The largest absolute Gasteiger partial charge is 0.312 e. The molecule has 1 saturated carbocycles. The van der Waals surface area contributed by atoms with E-state index >= 15 is 0 Å². The van der Waals surface area contributed by atoms with Gasteiger partial charge in [-0.3, -0.25) is 4.68 Å². The SMILES string of the molecule is Cc1cccc(C2CC(NCCn3ccnn3)C2)c1. The van der Waals surface area contributed by atoms with E-state index in [-0.39, 0.29) is 0 Å². The van der Waals surface area contributed by atoms with Crippen LogP contribution in [0.5, 0.6) is 0 Å². The molecule has 4 heteroatoms. The van der Waals surface area contributed by atoms with Crippen LogP contribution >= 0.6 is 0 Å². The van der Waals surface area contributed by atoms with Gasteiger partial charge < -0.3 is 5.32 Å². The normalized spacial score (nSPS) is 22.2. The Balaban J connectivity index is 1.41. The molecule has 0 radical (unpaired) electrons. The van der Waals surface area contributed by atoms with Crippen molar-refractivity contribution in [3.05, 3.63) is 47.8 Å². The average molecular weight is 256 g/mol. The topological polar surface area (TPSA) is 42.7 Å². The Labute approximate surface area is 113 Å². The lowest BCUT2D eigenvalue weighted by Gasteiger charge is -2.36. The van der Waals surface area contributed by atoms with Crippen molar-refractivity contribution in [1.29, 1.82) is 0 Å². The molecule has 4 nitrogen and oxygen atoms in total. The zero-order valence-corrected chi connectivity index (χ0v) is 11.3. The predicted molar refractivity (Wildman–Crippen MR) is 75.0 cm³/mol. The second-order valence-corrected chi connectivity index (χ2v) is 5.40. The lowest BCUT2D eigenvalue weighted by Crippen LogP contribution is -2.41. The first kappa shape index (κ1) is 12.4. The first-order valence-corrected chi connectivity index (χ1v) is 6.95. The summed E-state index contributed by atoms with van der Waals surface area (Å²) in [5, 5.41) is 11.3. The molecule has 0 amide bonds. The number of hydrogen-bond acceptors (Lipinski definition) is 3. The zero-order valence-electron chi connectivity index (χ0n) is 11.3. The number of nitrogens with one attached hydrogen (secondary N) is 1. The van der Waals surface area contributed by atoms with Crippen molar-refractivity contribution in [2.24, 2.45) is 0 Å². The second kappa shape index (κ2) is 5.53. The van der Waals surface area contributed by atoms with Crippen LogP contribution in [0.2, 0.25) is 0 Å². The molecule has 100 valence electrons. The minimum atomic E-state index is 0.661. The lowest BCUT2D eigenvalue weighted by atomic mass is 9.75. The van der Waals surface area contributed by atoms with E-state index in [0.717, 1.165) is 19.0 Å². The summed E-state index contributed by atoms with van der Waals surface area (Å²) in [4.78, 5) is 0. The highest BCUT2D eigenvalue weighted by molar-refractivity contribution is 5.27. The van der Waals surface area contributed by atoms with Crippen molar-refractivity contribution < 1.29 is 0 Å². The molecule has 19 heavy (non-hydrogen) atoms. The number of rotatable bonds is 5. The monoisotopic (exact) mass is 256 g/mol. The van der Waals surface area contributed by atoms with E-state index in [1.54, 1.807) is 6.20 Å². The molecule has 0 unspecified atom stereocenters. The fourth-order valence-electron chi connectivity index (χ4n) is 2.72. The first-order chi connectivity index (χ1) is 9.31. The second-order valence-electron chi connectivity index (χ2n) is 5.40. The molecule has 1 aromatic carbocycles. The Kier molecular flexibility index (Phi) is 3.60. The molecule has 1 fully saturated rings. The summed E-state index contributed by atoms with van der Waals surface area (Å²) in [5.74, 6) is 0.740. The van der Waals surface area contributed by atoms with Gasteiger partial charge in [0.25, 0.3) is 0 Å². The summed E-state index contributed by atoms with van der Waals surface area (Å²) in [6, 6.07) is 9.56. The minimum Gasteiger partial charge on any atom is -0.312 e. The molecule has 2 aromatic rings. The van der Waals surface area contributed by atoms with Gasteiger partial charge in [0, 0.05) is 18.8 Å². The van der Waals surface area contributed by atoms with Crippen LogP contribution in [0.15, 0.2) is 36.7 Å². The summed E-state index contributed by atoms with van der Waals surface area (Å²) < 4.78 is 1.86. The van der Waals surface area contributed by atoms with Gasteiger partial charge >= 0.3 is 0 Å². The third-order valence-electron chi connectivity index (χ3n) is 3.90. The molecule has 3 rings (SSSR count). The molecule has 0 spiro atoms. The van der Waals surface area contributed by atoms with Gasteiger partial charge in [-0.2, -0.15) is 0 Å². The lowest BCUT2D eigenvalue weighted by molar-refractivity contribution is 0.286. The van der Waals surface area contributed by atoms with Gasteiger partial charge in [-0.05, 0) is 31.2 Å². The Morgan fingerprint density at radius 3 is 3.00 bits per heavy atom. The molecular weight excluding hydrogens is 236 g/mol. The Morgan fingerprint density at radius 1 is 1.37 bits per heavy atom. The number of aromatic nitrogens is 3. The summed E-state index contributed by atoms with van der Waals surface area (Å²) in [7, 11) is 0. The molecule has 0 atom stereocenters. The first-order valence-electron chi connectivity index (χ1n) is 6.95. The minimum absolute atomic E-state index is 0.661. The molecule has 0 bridgehead atoms. The Morgan fingerprint density at radius 2 is 2.26 bits per heavy atom. The molecular formula is C15H20N4. The Hall–Kier alpha value is -1.68. The summed E-state index contributed by atoms with van der Waals surface area (Å²) in [6.45, 7) is 4.02. The standard InChI is InChI=1S/C15H20N4/c1-12-3-2-4-13(9-12)14-10-15(11-14)16-5-7-19-8-6-17-18-19/h2-4,6,8-9,14-16H,5,7,10-11H2,1H3.